The topological polar surface area (TPSA) is 725 Å². The zero-order valence-corrected chi connectivity index (χ0v) is 62.2. The van der Waals surface area contributed by atoms with Crippen molar-refractivity contribution in [3.8, 4) is 11.5 Å². The number of benzene rings is 2. The van der Waals surface area contributed by atoms with Crippen molar-refractivity contribution in [1.29, 1.82) is 0 Å². The first-order chi connectivity index (χ1) is 50.7. The second kappa shape index (κ2) is 47.8. The van der Waals surface area contributed by atoms with Gasteiger partial charge in [0.15, 0.2) is 5.96 Å². The van der Waals surface area contributed by atoms with Gasteiger partial charge in [-0.1, -0.05) is 24.3 Å². The van der Waals surface area contributed by atoms with Crippen molar-refractivity contribution in [2.24, 2.45) is 50.9 Å². The van der Waals surface area contributed by atoms with E-state index in [0.717, 1.165) is 6.92 Å². The van der Waals surface area contributed by atoms with Gasteiger partial charge in [0, 0.05) is 29.9 Å². The first-order valence-electron chi connectivity index (χ1n) is 34.4. The van der Waals surface area contributed by atoms with E-state index in [1.54, 1.807) is 0 Å². The predicted molar refractivity (Wildman–Crippen MR) is 397 cm³/mol. The van der Waals surface area contributed by atoms with Crippen molar-refractivity contribution in [1.82, 2.24) is 63.8 Å². The van der Waals surface area contributed by atoms with Crippen molar-refractivity contribution < 1.29 is 97.8 Å². The molecule has 2 aromatic rings. The van der Waals surface area contributed by atoms with Crippen LogP contribution in [0.15, 0.2) is 53.5 Å². The van der Waals surface area contributed by atoms with Crippen molar-refractivity contribution in [2.45, 2.75) is 194 Å². The van der Waals surface area contributed by atoms with Gasteiger partial charge in [-0.25, -0.2) is 4.79 Å². The molecule has 604 valence electrons. The number of aromatic hydroxyl groups is 2. The quantitative estimate of drug-likeness (QED) is 0.0127. The molecule has 0 fully saturated rings. The number of unbranched alkanes of at least 4 members (excludes halogenated alkanes) is 1. The molecule has 0 bridgehead atoms. The van der Waals surface area contributed by atoms with Gasteiger partial charge < -0.3 is 140 Å². The number of aliphatic hydroxyl groups is 3. The molecule has 43 heteroatoms. The normalized spacial score (nSPS) is 15.4. The molecular weight excluding hydrogens is 1460 g/mol. The zero-order chi connectivity index (χ0) is 81.7. The van der Waals surface area contributed by atoms with Crippen LogP contribution in [0.2, 0.25) is 0 Å². The molecule has 0 heterocycles. The number of primary amides is 1. The Morgan fingerprint density at radius 1 is 0.444 bits per heavy atom. The van der Waals surface area contributed by atoms with Crippen LogP contribution in [0.5, 0.6) is 11.5 Å². The summed E-state index contributed by atoms with van der Waals surface area (Å²) in [6.07, 6.45) is -5.48. The van der Waals surface area contributed by atoms with Crippen LogP contribution >= 0.6 is 25.3 Å². The molecule has 0 aromatic heterocycles. The van der Waals surface area contributed by atoms with Gasteiger partial charge in [0.25, 0.3) is 0 Å². The second-order valence-corrected chi connectivity index (χ2v) is 27.3. The Hall–Kier alpha value is -9.73. The standard InChI is InChI=1S/C65H107N21O20S2/c1-31(88)48(71)60(102)80-42(26-33-10-14-35(90)15-11-33)57(99)86-50(65(3,4)108)62(104)81-43(28-47(70)92)56(98)76-38(9-7-25-74-64(72)73)51(93)77-41(20-24-69)55(97)85-49(32(2)89)61(103)79-40(19-23-68)53(95)75-37(8-5-6-21-66)52(94)84-46(30-107)59(101)78-39(18-22-67)54(96)83-45(29-87)58(100)82-44(63(105)106)27-34-12-16-36(91)17-13-34/h10-17,31-32,37-46,48-50,87-91,107-108H,5-9,18-30,66-69,71H2,1-4H3,(H2,70,92)(H,75,95)(H,76,98)(H,77,93)(H,78,101)(H,79,103)(H,80,102)(H,81,104)(H,82,100)(H,83,96)(H,84,94)(H,85,97)(H,86,99)(H,105,106)(H4,72,73,74)/t31-,32-,37+,38+,39+,40-,41+,42+,43+,44+,45+,46+,48+,49+,50-/m1/s1. The van der Waals surface area contributed by atoms with E-state index in [2.05, 4.69) is 94.1 Å². The molecule has 0 unspecified atom stereocenters. The van der Waals surface area contributed by atoms with Gasteiger partial charge in [0.1, 0.15) is 90.0 Å². The maximum atomic E-state index is 14.4. The number of carbonyl (C=O) groups is 14. The molecule has 2 aromatic carbocycles. The number of hydrogen-bond acceptors (Lipinski definition) is 27. The molecule has 0 radical (unpaired) electrons. The number of hydrogen-bond donors (Lipinski definition) is 28. The molecule has 0 aliphatic rings. The maximum absolute atomic E-state index is 14.4. The summed E-state index contributed by atoms with van der Waals surface area (Å²) in [6, 6.07) is -10.4. The third kappa shape index (κ3) is 33.6. The highest BCUT2D eigenvalue weighted by molar-refractivity contribution is 7.81. The summed E-state index contributed by atoms with van der Waals surface area (Å²) >= 11 is 8.72. The molecule has 41 nitrogen and oxygen atoms in total. The first kappa shape index (κ1) is 94.4. The van der Waals surface area contributed by atoms with E-state index < -0.39 is 197 Å². The Morgan fingerprint density at radius 2 is 0.806 bits per heavy atom. The third-order valence-corrected chi connectivity index (χ3v) is 16.9. The predicted octanol–water partition coefficient (Wildman–Crippen LogP) is -10.4. The van der Waals surface area contributed by atoms with E-state index >= 15 is 0 Å². The number of aliphatic imine (C=N–C) groups is 1. The number of aliphatic carboxylic acids is 1. The number of guanidine groups is 1. The Kier molecular flexibility index (Phi) is 41.8. The lowest BCUT2D eigenvalue weighted by Crippen LogP contribution is -2.64. The van der Waals surface area contributed by atoms with Crippen LogP contribution in [0.4, 0.5) is 0 Å². The fraction of sp³-hybridized carbons (Fsp3) is 0.585. The summed E-state index contributed by atoms with van der Waals surface area (Å²) in [4.78, 5) is 196. The number of rotatable bonds is 50. The number of phenolic OH excluding ortho intramolecular Hbond substituents is 2. The molecule has 2 rings (SSSR count). The fourth-order valence-electron chi connectivity index (χ4n) is 10.2. The number of thiol groups is 2. The van der Waals surface area contributed by atoms with Crippen LogP contribution in [0, 0.1) is 0 Å². The van der Waals surface area contributed by atoms with E-state index in [-0.39, 0.29) is 108 Å². The van der Waals surface area contributed by atoms with Gasteiger partial charge in [-0.2, -0.15) is 25.3 Å². The Morgan fingerprint density at radius 3 is 1.20 bits per heavy atom. The fourth-order valence-corrected chi connectivity index (χ4v) is 10.6. The Balaban J connectivity index is 2.41. The van der Waals surface area contributed by atoms with Crippen molar-refractivity contribution in [3.05, 3.63) is 59.7 Å². The average molecular weight is 1570 g/mol. The van der Waals surface area contributed by atoms with E-state index in [0.29, 0.717) is 17.5 Å². The molecular formula is C65H107N21O20S2. The SMILES string of the molecule is C[C@@H](O)[C@H](N)C(=O)N[C@@H](Cc1ccc(O)cc1)C(=O)N[C@H](C(=O)N[C@@H](CC(N)=O)C(=O)N[C@@H](CCCN=C(N)N)C(=O)N[C@@H](CCN)C(=O)N[C@H](C(=O)N[C@H](CCN)C(=O)N[C@@H](CCCCN)C(=O)N[C@@H](CS)C(=O)N[C@@H](CCN)C(=O)N[C@@H](CO)C(=O)N[C@@H](Cc1ccc(O)cc1)C(=O)O)[C@@H](C)O)C(C)(C)S. The minimum atomic E-state index is -1.92. The summed E-state index contributed by atoms with van der Waals surface area (Å²) in [5.41, 5.74) is 46.5. The van der Waals surface area contributed by atoms with Gasteiger partial charge in [0.05, 0.1) is 25.2 Å². The summed E-state index contributed by atoms with van der Waals surface area (Å²) in [5.74, 6) is -16.6. The monoisotopic (exact) mass is 1570 g/mol. The molecule has 0 saturated heterocycles. The van der Waals surface area contributed by atoms with Crippen LogP contribution in [0.1, 0.15) is 96.6 Å². The molecule has 13 amide bonds. The molecule has 15 atom stereocenters. The number of carboxylic acid groups (broad SMARTS) is 1. The van der Waals surface area contributed by atoms with Crippen molar-refractivity contribution >= 4 is 114 Å². The number of amides is 13. The van der Waals surface area contributed by atoms with Gasteiger partial charge in [-0.05, 0) is 141 Å². The number of nitrogens with zero attached hydrogens (tertiary/aromatic N) is 1. The van der Waals surface area contributed by atoms with Crippen LogP contribution in [-0.2, 0) is 80.0 Å². The number of carboxylic acids is 1. The maximum Gasteiger partial charge on any atom is 0.326 e. The Labute approximate surface area is 633 Å². The lowest BCUT2D eigenvalue weighted by Gasteiger charge is -2.33. The number of aliphatic hydroxyl groups excluding tert-OH is 3. The first-order valence-corrected chi connectivity index (χ1v) is 35.5. The third-order valence-electron chi connectivity index (χ3n) is 16.2. The summed E-state index contributed by atoms with van der Waals surface area (Å²) in [5, 5.41) is 89.0. The average Bonchev–Trinajstić information content (AvgIpc) is 0.837. The molecule has 0 spiro atoms. The summed E-state index contributed by atoms with van der Waals surface area (Å²) in [6.45, 7) is 3.27. The van der Waals surface area contributed by atoms with Gasteiger partial charge in [-0.3, -0.25) is 67.3 Å². The number of carbonyl (C=O) groups excluding carboxylic acids is 13. The van der Waals surface area contributed by atoms with Crippen molar-refractivity contribution in [3.63, 3.8) is 0 Å². The zero-order valence-electron chi connectivity index (χ0n) is 60.4. The van der Waals surface area contributed by atoms with Crippen LogP contribution < -0.4 is 110 Å². The highest BCUT2D eigenvalue weighted by Crippen LogP contribution is 2.20. The van der Waals surface area contributed by atoms with Gasteiger partial charge in [0.2, 0.25) is 76.8 Å². The lowest BCUT2D eigenvalue weighted by atomic mass is 9.99. The van der Waals surface area contributed by atoms with Crippen LogP contribution in [-0.4, -0.2) is 260 Å². The molecule has 0 aliphatic carbocycles. The van der Waals surface area contributed by atoms with E-state index in [4.69, 9.17) is 45.9 Å². The van der Waals surface area contributed by atoms with Crippen LogP contribution in [0.3, 0.4) is 0 Å². The summed E-state index contributed by atoms with van der Waals surface area (Å²) < 4.78 is -1.50. The number of phenols is 2. The highest BCUT2D eigenvalue weighted by atomic mass is 32.1. The van der Waals surface area contributed by atoms with Gasteiger partial charge in [-0.15, -0.1) is 0 Å². The largest absolute Gasteiger partial charge is 0.508 e. The molecule has 0 saturated carbocycles. The van der Waals surface area contributed by atoms with E-state index in [1.165, 1.54) is 69.3 Å². The molecule has 0 aliphatic heterocycles. The van der Waals surface area contributed by atoms with Gasteiger partial charge >= 0.3 is 5.97 Å². The number of nitrogens with two attached hydrogens (primary N) is 8. The number of nitrogens with one attached hydrogen (secondary N) is 12. The second-order valence-electron chi connectivity index (χ2n) is 25.8. The molecule has 108 heavy (non-hydrogen) atoms. The minimum absolute atomic E-state index is 0.0543. The Bertz CT molecular complexity index is 3370. The van der Waals surface area contributed by atoms with E-state index in [1.807, 2.05) is 0 Å². The van der Waals surface area contributed by atoms with E-state index in [9.17, 15) is 97.8 Å². The van der Waals surface area contributed by atoms with Crippen molar-refractivity contribution in [2.75, 3.05) is 45.1 Å². The molecule has 34 N–H and O–H groups in total. The van der Waals surface area contributed by atoms with Crippen LogP contribution in [0.25, 0.3) is 0 Å². The smallest absolute Gasteiger partial charge is 0.326 e. The minimum Gasteiger partial charge on any atom is -0.508 e. The highest BCUT2D eigenvalue weighted by Gasteiger charge is 2.41. The summed E-state index contributed by atoms with van der Waals surface area (Å²) in [7, 11) is 0. The lowest BCUT2D eigenvalue weighted by molar-refractivity contribution is -0.142.